The fourth-order valence-electron chi connectivity index (χ4n) is 2.97. The number of aryl methyl sites for hydroxylation is 1. The Hall–Kier alpha value is -2.26. The third-order valence-electron chi connectivity index (χ3n) is 4.30. The molecule has 1 aliphatic rings. The van der Waals surface area contributed by atoms with Crippen LogP contribution in [0.2, 0.25) is 0 Å². The van der Waals surface area contributed by atoms with Crippen LogP contribution in [0, 0.1) is 6.92 Å². The Kier molecular flexibility index (Phi) is 5.34. The second kappa shape index (κ2) is 7.40. The normalized spacial score (nSPS) is 16.4. The van der Waals surface area contributed by atoms with Gasteiger partial charge in [-0.15, -0.1) is 13.2 Å². The fraction of sp³-hybridized carbons (Fsp3) is 0.333. The van der Waals surface area contributed by atoms with Crippen molar-refractivity contribution in [2.24, 2.45) is 0 Å². The van der Waals surface area contributed by atoms with E-state index in [-0.39, 0.29) is 4.90 Å². The van der Waals surface area contributed by atoms with E-state index in [4.69, 9.17) is 0 Å². The first-order valence-corrected chi connectivity index (χ1v) is 9.77. The van der Waals surface area contributed by atoms with Crippen molar-refractivity contribution in [2.75, 3.05) is 31.1 Å². The standard InChI is InChI=1S/C18H19F3N2O3S/c1-14-3-2-4-15(13-14)22-9-11-23(12-10-22)27(24,25)17-7-5-16(6-8-17)26-18(19,20)21/h2-8,13H,9-12H2,1H3. The van der Waals surface area contributed by atoms with Crippen LogP contribution in [-0.4, -0.2) is 45.3 Å². The van der Waals surface area contributed by atoms with Gasteiger partial charge in [-0.05, 0) is 48.9 Å². The lowest BCUT2D eigenvalue weighted by Gasteiger charge is -2.35. The smallest absolute Gasteiger partial charge is 0.406 e. The highest BCUT2D eigenvalue weighted by Crippen LogP contribution is 2.26. The molecule has 3 rings (SSSR count). The Balaban J connectivity index is 1.68. The van der Waals surface area contributed by atoms with E-state index in [0.29, 0.717) is 26.2 Å². The number of hydrogen-bond acceptors (Lipinski definition) is 4. The van der Waals surface area contributed by atoms with Gasteiger partial charge >= 0.3 is 6.36 Å². The number of halogens is 3. The first-order chi connectivity index (χ1) is 12.6. The highest BCUT2D eigenvalue weighted by atomic mass is 32.2. The van der Waals surface area contributed by atoms with Crippen molar-refractivity contribution >= 4 is 15.7 Å². The van der Waals surface area contributed by atoms with Gasteiger partial charge in [-0.2, -0.15) is 4.31 Å². The minimum atomic E-state index is -4.81. The van der Waals surface area contributed by atoms with Gasteiger partial charge in [0.25, 0.3) is 0 Å². The number of alkyl halides is 3. The first kappa shape index (κ1) is 19.5. The van der Waals surface area contributed by atoms with Gasteiger partial charge in [0.15, 0.2) is 0 Å². The molecule has 2 aromatic carbocycles. The average Bonchev–Trinajstić information content (AvgIpc) is 2.61. The molecule has 5 nitrogen and oxygen atoms in total. The molecule has 1 heterocycles. The first-order valence-electron chi connectivity index (χ1n) is 8.33. The van der Waals surface area contributed by atoms with Crippen molar-refractivity contribution in [1.29, 1.82) is 0 Å². The van der Waals surface area contributed by atoms with E-state index >= 15 is 0 Å². The maximum absolute atomic E-state index is 12.7. The second-order valence-electron chi connectivity index (χ2n) is 6.25. The number of piperazine rings is 1. The summed E-state index contributed by atoms with van der Waals surface area (Å²) in [6.07, 6.45) is -4.81. The summed E-state index contributed by atoms with van der Waals surface area (Å²) in [5, 5.41) is 0. The summed E-state index contributed by atoms with van der Waals surface area (Å²) in [5.74, 6) is -0.453. The molecule has 0 aliphatic carbocycles. The number of ether oxygens (including phenoxy) is 1. The molecule has 9 heteroatoms. The number of benzene rings is 2. The summed E-state index contributed by atoms with van der Waals surface area (Å²) in [6, 6.07) is 12.2. The molecule has 2 aromatic rings. The third kappa shape index (κ3) is 4.72. The largest absolute Gasteiger partial charge is 0.573 e. The van der Waals surface area contributed by atoms with Gasteiger partial charge in [-0.3, -0.25) is 0 Å². The van der Waals surface area contributed by atoms with E-state index in [1.807, 2.05) is 31.2 Å². The zero-order valence-electron chi connectivity index (χ0n) is 14.6. The lowest BCUT2D eigenvalue weighted by atomic mass is 10.2. The van der Waals surface area contributed by atoms with Gasteiger partial charge in [-0.1, -0.05) is 12.1 Å². The molecule has 0 spiro atoms. The van der Waals surface area contributed by atoms with Gasteiger partial charge in [0.2, 0.25) is 10.0 Å². The SMILES string of the molecule is Cc1cccc(N2CCN(S(=O)(=O)c3ccc(OC(F)(F)F)cc3)CC2)c1. The molecule has 0 bridgehead atoms. The summed E-state index contributed by atoms with van der Waals surface area (Å²) in [5.41, 5.74) is 2.17. The van der Waals surface area contributed by atoms with Crippen LogP contribution in [0.5, 0.6) is 5.75 Å². The Morgan fingerprint density at radius 1 is 0.963 bits per heavy atom. The van der Waals surface area contributed by atoms with E-state index in [2.05, 4.69) is 9.64 Å². The van der Waals surface area contributed by atoms with Gasteiger partial charge < -0.3 is 9.64 Å². The van der Waals surface area contributed by atoms with Gasteiger partial charge in [0.05, 0.1) is 4.90 Å². The maximum Gasteiger partial charge on any atom is 0.573 e. The van der Waals surface area contributed by atoms with Crippen LogP contribution in [0.25, 0.3) is 0 Å². The Morgan fingerprint density at radius 2 is 1.59 bits per heavy atom. The number of nitrogens with zero attached hydrogens (tertiary/aromatic N) is 2. The van der Waals surface area contributed by atoms with E-state index in [1.165, 1.54) is 4.31 Å². The van der Waals surface area contributed by atoms with Crippen LogP contribution < -0.4 is 9.64 Å². The topological polar surface area (TPSA) is 49.9 Å². The summed E-state index contributed by atoms with van der Waals surface area (Å²) < 4.78 is 67.2. The summed E-state index contributed by atoms with van der Waals surface area (Å²) in [7, 11) is -3.77. The Labute approximate surface area is 156 Å². The van der Waals surface area contributed by atoms with Gasteiger partial charge in [0, 0.05) is 31.9 Å². The van der Waals surface area contributed by atoms with E-state index in [1.54, 1.807) is 0 Å². The van der Waals surface area contributed by atoms with Crippen LogP contribution in [0.15, 0.2) is 53.4 Å². The van der Waals surface area contributed by atoms with Crippen molar-refractivity contribution in [3.63, 3.8) is 0 Å². The minimum Gasteiger partial charge on any atom is -0.406 e. The molecular weight excluding hydrogens is 381 g/mol. The number of sulfonamides is 1. The molecule has 1 aliphatic heterocycles. The summed E-state index contributed by atoms with van der Waals surface area (Å²) >= 11 is 0. The van der Waals surface area contributed by atoms with Crippen LogP contribution in [-0.2, 0) is 10.0 Å². The van der Waals surface area contributed by atoms with Gasteiger partial charge in [0.1, 0.15) is 5.75 Å². The molecular formula is C18H19F3N2O3S. The van der Waals surface area contributed by atoms with E-state index < -0.39 is 22.1 Å². The summed E-state index contributed by atoms with van der Waals surface area (Å²) in [4.78, 5) is 2.06. The lowest BCUT2D eigenvalue weighted by molar-refractivity contribution is -0.274. The highest BCUT2D eigenvalue weighted by molar-refractivity contribution is 7.89. The Morgan fingerprint density at radius 3 is 2.15 bits per heavy atom. The molecule has 0 N–H and O–H groups in total. The molecule has 1 fully saturated rings. The zero-order valence-corrected chi connectivity index (χ0v) is 15.4. The van der Waals surface area contributed by atoms with Crippen molar-refractivity contribution in [2.45, 2.75) is 18.2 Å². The van der Waals surface area contributed by atoms with Crippen LogP contribution in [0.1, 0.15) is 5.56 Å². The molecule has 27 heavy (non-hydrogen) atoms. The molecule has 0 radical (unpaired) electrons. The molecule has 1 saturated heterocycles. The van der Waals surface area contributed by atoms with Crippen LogP contribution in [0.3, 0.4) is 0 Å². The van der Waals surface area contributed by atoms with Crippen molar-refractivity contribution in [3.05, 3.63) is 54.1 Å². The van der Waals surface area contributed by atoms with Crippen molar-refractivity contribution in [1.82, 2.24) is 4.31 Å². The molecule has 0 saturated carbocycles. The maximum atomic E-state index is 12.7. The molecule has 0 unspecified atom stereocenters. The lowest BCUT2D eigenvalue weighted by Crippen LogP contribution is -2.48. The Bertz CT molecular complexity index is 891. The quantitative estimate of drug-likeness (QED) is 0.789. The zero-order chi connectivity index (χ0) is 19.7. The van der Waals surface area contributed by atoms with E-state index in [0.717, 1.165) is 35.5 Å². The molecule has 0 amide bonds. The second-order valence-corrected chi connectivity index (χ2v) is 8.19. The van der Waals surface area contributed by atoms with Crippen molar-refractivity contribution < 1.29 is 26.3 Å². The highest BCUT2D eigenvalue weighted by Gasteiger charge is 2.32. The van der Waals surface area contributed by atoms with Gasteiger partial charge in [-0.25, -0.2) is 8.42 Å². The predicted molar refractivity (Wildman–Crippen MR) is 95.3 cm³/mol. The summed E-state index contributed by atoms with van der Waals surface area (Å²) in [6.45, 7) is 3.68. The van der Waals surface area contributed by atoms with Crippen molar-refractivity contribution in [3.8, 4) is 5.75 Å². The molecule has 0 aromatic heterocycles. The van der Waals surface area contributed by atoms with Crippen LogP contribution >= 0.6 is 0 Å². The minimum absolute atomic E-state index is 0.0546. The third-order valence-corrected chi connectivity index (χ3v) is 6.21. The van der Waals surface area contributed by atoms with Crippen LogP contribution in [0.4, 0.5) is 18.9 Å². The number of anilines is 1. The number of rotatable bonds is 4. The number of hydrogen-bond donors (Lipinski definition) is 0. The molecule has 0 atom stereocenters. The predicted octanol–water partition coefficient (Wildman–Crippen LogP) is 3.40. The fourth-order valence-corrected chi connectivity index (χ4v) is 4.40. The average molecular weight is 400 g/mol. The molecule has 146 valence electrons. The monoisotopic (exact) mass is 400 g/mol. The van der Waals surface area contributed by atoms with E-state index in [9.17, 15) is 21.6 Å².